The molecule has 0 saturated heterocycles. The summed E-state index contributed by atoms with van der Waals surface area (Å²) >= 11 is 0. The number of ether oxygens (including phenoxy) is 1. The molecule has 0 saturated carbocycles. The number of hydrogen-bond acceptors (Lipinski definition) is 4. The van der Waals surface area contributed by atoms with E-state index in [0.29, 0.717) is 17.1 Å². The molecule has 3 rings (SSSR count). The van der Waals surface area contributed by atoms with Crippen LogP contribution in [0, 0.1) is 13.8 Å². The number of carbonyl (C=O) groups excluding carboxylic acids is 1. The van der Waals surface area contributed by atoms with E-state index in [9.17, 15) is 9.59 Å². The molecular weight excluding hydrogens is 346 g/mol. The normalized spacial score (nSPS) is 10.4. The Hall–Kier alpha value is -3.54. The van der Waals surface area contributed by atoms with Crippen LogP contribution in [-0.2, 0) is 6.61 Å². The molecule has 0 aliphatic heterocycles. The first kappa shape index (κ1) is 18.3. The highest BCUT2D eigenvalue weighted by Gasteiger charge is 2.10. The number of amides is 1. The number of hydrogen-bond donors (Lipinski definition) is 2. The number of nitrogens with one attached hydrogen (secondary N) is 1. The molecule has 138 valence electrons. The van der Waals surface area contributed by atoms with Gasteiger partial charge in [0.2, 0.25) is 5.76 Å². The summed E-state index contributed by atoms with van der Waals surface area (Å²) < 4.78 is 10.7. The summed E-state index contributed by atoms with van der Waals surface area (Å²) in [5.74, 6) is -0.504. The standard InChI is InChI=1S/C21H19NO5/c1-13-3-4-14(2)18(11-13)22-20(23)15-5-7-16(8-6-15)26-12-17-9-10-19(27-17)21(24)25/h3-11H,12H2,1-2H3,(H,22,23)(H,24,25). The van der Waals surface area contributed by atoms with Gasteiger partial charge in [-0.15, -0.1) is 0 Å². The lowest BCUT2D eigenvalue weighted by Gasteiger charge is -2.10. The molecule has 1 amide bonds. The molecule has 0 fully saturated rings. The minimum atomic E-state index is -1.12. The van der Waals surface area contributed by atoms with Crippen molar-refractivity contribution in [3.63, 3.8) is 0 Å². The topological polar surface area (TPSA) is 88.8 Å². The van der Waals surface area contributed by atoms with Gasteiger partial charge in [-0.1, -0.05) is 12.1 Å². The van der Waals surface area contributed by atoms with Gasteiger partial charge < -0.3 is 19.6 Å². The summed E-state index contributed by atoms with van der Waals surface area (Å²) in [6.45, 7) is 4.01. The van der Waals surface area contributed by atoms with E-state index in [-0.39, 0.29) is 18.3 Å². The maximum absolute atomic E-state index is 12.4. The monoisotopic (exact) mass is 365 g/mol. The van der Waals surface area contributed by atoms with E-state index in [1.807, 2.05) is 32.0 Å². The van der Waals surface area contributed by atoms with Gasteiger partial charge in [-0.2, -0.15) is 0 Å². The van der Waals surface area contributed by atoms with Gasteiger partial charge in [0.05, 0.1) is 0 Å². The summed E-state index contributed by atoms with van der Waals surface area (Å²) in [6, 6.07) is 15.5. The van der Waals surface area contributed by atoms with Crippen molar-refractivity contribution in [2.75, 3.05) is 5.32 Å². The molecule has 0 aliphatic rings. The van der Waals surface area contributed by atoms with Gasteiger partial charge in [0.1, 0.15) is 18.1 Å². The van der Waals surface area contributed by atoms with Crippen LogP contribution in [0.2, 0.25) is 0 Å². The largest absolute Gasteiger partial charge is 0.486 e. The number of benzene rings is 2. The van der Waals surface area contributed by atoms with Crippen LogP contribution in [0.5, 0.6) is 5.75 Å². The van der Waals surface area contributed by atoms with E-state index < -0.39 is 5.97 Å². The van der Waals surface area contributed by atoms with Crippen molar-refractivity contribution in [2.45, 2.75) is 20.5 Å². The summed E-state index contributed by atoms with van der Waals surface area (Å²) in [7, 11) is 0. The van der Waals surface area contributed by atoms with Crippen LogP contribution in [0.1, 0.15) is 37.8 Å². The Morgan fingerprint density at radius 3 is 2.44 bits per heavy atom. The predicted molar refractivity (Wildman–Crippen MR) is 100 cm³/mol. The van der Waals surface area contributed by atoms with Crippen LogP contribution in [-0.4, -0.2) is 17.0 Å². The molecule has 1 heterocycles. The molecule has 1 aromatic heterocycles. The Kier molecular flexibility index (Phi) is 5.26. The van der Waals surface area contributed by atoms with E-state index >= 15 is 0 Å². The highest BCUT2D eigenvalue weighted by molar-refractivity contribution is 6.04. The molecule has 0 atom stereocenters. The molecule has 0 radical (unpaired) electrons. The van der Waals surface area contributed by atoms with Crippen molar-refractivity contribution in [3.8, 4) is 5.75 Å². The van der Waals surface area contributed by atoms with Crippen molar-refractivity contribution in [3.05, 3.63) is 82.8 Å². The summed E-state index contributed by atoms with van der Waals surface area (Å²) in [5, 5.41) is 11.7. The van der Waals surface area contributed by atoms with Crippen LogP contribution in [0.25, 0.3) is 0 Å². The fraction of sp³-hybridized carbons (Fsp3) is 0.143. The van der Waals surface area contributed by atoms with Crippen molar-refractivity contribution in [1.82, 2.24) is 0 Å². The molecule has 3 aromatic rings. The average molecular weight is 365 g/mol. The highest BCUT2D eigenvalue weighted by Crippen LogP contribution is 2.19. The molecule has 0 spiro atoms. The Balaban J connectivity index is 1.61. The van der Waals surface area contributed by atoms with Gasteiger partial charge >= 0.3 is 5.97 Å². The summed E-state index contributed by atoms with van der Waals surface area (Å²) in [5.41, 5.74) is 3.36. The molecule has 2 N–H and O–H groups in total. The second-order valence-electron chi connectivity index (χ2n) is 6.16. The zero-order valence-corrected chi connectivity index (χ0v) is 15.0. The zero-order valence-electron chi connectivity index (χ0n) is 15.0. The number of aromatic carboxylic acids is 1. The third-order valence-electron chi connectivity index (χ3n) is 4.01. The first-order valence-corrected chi connectivity index (χ1v) is 8.36. The smallest absolute Gasteiger partial charge is 0.371 e. The Morgan fingerprint density at radius 2 is 1.78 bits per heavy atom. The predicted octanol–water partition coefficient (Wildman–Crippen LogP) is 4.43. The highest BCUT2D eigenvalue weighted by atomic mass is 16.5. The lowest BCUT2D eigenvalue weighted by molar-refractivity contribution is 0.0658. The minimum Gasteiger partial charge on any atom is -0.486 e. The third kappa shape index (κ3) is 4.55. The van der Waals surface area contributed by atoms with E-state index in [4.69, 9.17) is 14.3 Å². The number of rotatable bonds is 6. The van der Waals surface area contributed by atoms with Gasteiger partial charge in [-0.05, 0) is 67.4 Å². The van der Waals surface area contributed by atoms with Crippen LogP contribution < -0.4 is 10.1 Å². The van der Waals surface area contributed by atoms with E-state index in [2.05, 4.69) is 5.32 Å². The Bertz CT molecular complexity index is 972. The summed E-state index contributed by atoms with van der Waals surface area (Å²) in [6.07, 6.45) is 0. The van der Waals surface area contributed by atoms with Gasteiger partial charge in [-0.25, -0.2) is 4.79 Å². The van der Waals surface area contributed by atoms with Crippen LogP contribution in [0.4, 0.5) is 5.69 Å². The molecular formula is C21H19NO5. The molecule has 0 unspecified atom stereocenters. The number of carboxylic acids is 1. The number of carbonyl (C=O) groups is 2. The fourth-order valence-electron chi connectivity index (χ4n) is 2.49. The van der Waals surface area contributed by atoms with Crippen molar-refractivity contribution < 1.29 is 23.8 Å². The van der Waals surface area contributed by atoms with Crippen molar-refractivity contribution in [2.24, 2.45) is 0 Å². The average Bonchev–Trinajstić information content (AvgIpc) is 3.13. The molecule has 6 nitrogen and oxygen atoms in total. The van der Waals surface area contributed by atoms with Gasteiger partial charge in [-0.3, -0.25) is 4.79 Å². The fourth-order valence-corrected chi connectivity index (χ4v) is 2.49. The number of carboxylic acid groups (broad SMARTS) is 1. The quantitative estimate of drug-likeness (QED) is 0.675. The van der Waals surface area contributed by atoms with Gasteiger partial charge in [0, 0.05) is 11.3 Å². The zero-order chi connectivity index (χ0) is 19.4. The summed E-state index contributed by atoms with van der Waals surface area (Å²) in [4.78, 5) is 23.2. The van der Waals surface area contributed by atoms with Crippen molar-refractivity contribution >= 4 is 17.6 Å². The number of anilines is 1. The molecule has 27 heavy (non-hydrogen) atoms. The molecule has 6 heteroatoms. The van der Waals surface area contributed by atoms with E-state index in [1.165, 1.54) is 6.07 Å². The maximum atomic E-state index is 12.4. The van der Waals surface area contributed by atoms with Crippen LogP contribution in [0.15, 0.2) is 59.0 Å². The van der Waals surface area contributed by atoms with E-state index in [1.54, 1.807) is 30.3 Å². The lowest BCUT2D eigenvalue weighted by atomic mass is 10.1. The lowest BCUT2D eigenvalue weighted by Crippen LogP contribution is -2.12. The van der Waals surface area contributed by atoms with Crippen molar-refractivity contribution in [1.29, 1.82) is 0 Å². The molecule has 0 aliphatic carbocycles. The third-order valence-corrected chi connectivity index (χ3v) is 4.01. The SMILES string of the molecule is Cc1ccc(C)c(NC(=O)c2ccc(OCc3ccc(C(=O)O)o3)cc2)c1. The number of furan rings is 1. The first-order chi connectivity index (χ1) is 12.9. The Labute approximate surface area is 156 Å². The Morgan fingerprint density at radius 1 is 1.04 bits per heavy atom. The maximum Gasteiger partial charge on any atom is 0.371 e. The van der Waals surface area contributed by atoms with Gasteiger partial charge in [0.25, 0.3) is 5.91 Å². The second kappa shape index (κ2) is 7.78. The van der Waals surface area contributed by atoms with Crippen LogP contribution >= 0.6 is 0 Å². The molecule has 0 bridgehead atoms. The van der Waals surface area contributed by atoms with Gasteiger partial charge in [0.15, 0.2) is 0 Å². The number of aryl methyl sites for hydroxylation is 2. The minimum absolute atomic E-state index is 0.0985. The molecule has 2 aromatic carbocycles. The van der Waals surface area contributed by atoms with Crippen LogP contribution in [0.3, 0.4) is 0 Å². The first-order valence-electron chi connectivity index (χ1n) is 8.36. The second-order valence-corrected chi connectivity index (χ2v) is 6.16. The van der Waals surface area contributed by atoms with E-state index in [0.717, 1.165) is 16.8 Å².